The molecule has 0 amide bonds. The van der Waals surface area contributed by atoms with Crippen molar-refractivity contribution in [3.8, 4) is 0 Å². The molecule has 1 saturated heterocycles. The highest BCUT2D eigenvalue weighted by Gasteiger charge is 2.20. The number of thiol groups is 1. The molecule has 3 aromatic heterocycles. The topological polar surface area (TPSA) is 44.8 Å². The highest BCUT2D eigenvalue weighted by atomic mass is 32.1. The molecule has 1 fully saturated rings. The Bertz CT molecular complexity index is 774. The Labute approximate surface area is 129 Å². The van der Waals surface area contributed by atoms with E-state index in [9.17, 15) is 0 Å². The molecule has 0 saturated carbocycles. The van der Waals surface area contributed by atoms with E-state index in [4.69, 9.17) is 0 Å². The summed E-state index contributed by atoms with van der Waals surface area (Å²) in [7, 11) is 0. The van der Waals surface area contributed by atoms with Crippen molar-refractivity contribution >= 4 is 40.3 Å². The van der Waals surface area contributed by atoms with Crippen LogP contribution in [-0.2, 0) is 0 Å². The van der Waals surface area contributed by atoms with E-state index in [1.807, 2.05) is 18.6 Å². The van der Waals surface area contributed by atoms with Gasteiger partial charge in [0, 0.05) is 41.9 Å². The molecule has 1 aliphatic rings. The van der Waals surface area contributed by atoms with Crippen molar-refractivity contribution in [1.82, 2.24) is 15.0 Å². The van der Waals surface area contributed by atoms with Gasteiger partial charge in [-0.25, -0.2) is 9.97 Å². The lowest BCUT2D eigenvalue weighted by molar-refractivity contribution is 0.446. The third-order valence-corrected chi connectivity index (χ3v) is 5.00. The van der Waals surface area contributed by atoms with E-state index in [0.717, 1.165) is 41.3 Å². The van der Waals surface area contributed by atoms with Crippen LogP contribution < -0.4 is 4.90 Å². The molecule has 0 spiro atoms. The normalized spacial score (nSPS) is 16.9. The maximum absolute atomic E-state index is 4.44. The molecule has 1 aliphatic heterocycles. The van der Waals surface area contributed by atoms with Crippen molar-refractivity contribution in [1.29, 1.82) is 0 Å². The fourth-order valence-corrected chi connectivity index (χ4v) is 3.62. The van der Waals surface area contributed by atoms with Crippen LogP contribution in [0.25, 0.3) is 21.9 Å². The largest absolute Gasteiger partial charge is 0.371 e. The molecule has 5 heteroatoms. The molecule has 0 aliphatic carbocycles. The van der Waals surface area contributed by atoms with Crippen LogP contribution in [0.1, 0.15) is 12.8 Å². The lowest BCUT2D eigenvalue weighted by atomic mass is 9.98. The summed E-state index contributed by atoms with van der Waals surface area (Å²) < 4.78 is 0. The number of aromatic amines is 1. The maximum Gasteiger partial charge on any atom is 0.159 e. The average Bonchev–Trinajstić information content (AvgIpc) is 3.03. The standard InChI is InChI=1S/C16H18N4S/c21-10-11-3-7-20(8-4-11)14-2-6-17-13-9-19-16-12(15(13)14)1-5-18-16/h1-2,5-6,9,11,17,21H,3-4,7-8,10H2. The van der Waals surface area contributed by atoms with Crippen molar-refractivity contribution in [2.24, 2.45) is 5.92 Å². The molecule has 3 aromatic rings. The van der Waals surface area contributed by atoms with Gasteiger partial charge in [0.05, 0.1) is 11.7 Å². The Kier molecular flexibility index (Phi) is 3.22. The Balaban J connectivity index is 1.83. The molecule has 4 nitrogen and oxygen atoms in total. The summed E-state index contributed by atoms with van der Waals surface area (Å²) in [6, 6.07) is 4.23. The molecule has 0 unspecified atom stereocenters. The summed E-state index contributed by atoms with van der Waals surface area (Å²) >= 11 is 4.44. The number of aromatic nitrogens is 3. The first-order chi connectivity index (χ1) is 10.4. The van der Waals surface area contributed by atoms with Crippen molar-refractivity contribution in [3.63, 3.8) is 0 Å². The number of nitrogens with one attached hydrogen (secondary N) is 1. The van der Waals surface area contributed by atoms with Crippen LogP contribution in [0.5, 0.6) is 0 Å². The Morgan fingerprint density at radius 1 is 1.24 bits per heavy atom. The van der Waals surface area contributed by atoms with Gasteiger partial charge in [0.2, 0.25) is 0 Å². The first-order valence-corrected chi connectivity index (χ1v) is 8.06. The number of nitrogens with zero attached hydrogens (tertiary/aromatic N) is 3. The quantitative estimate of drug-likeness (QED) is 0.714. The van der Waals surface area contributed by atoms with E-state index in [-0.39, 0.29) is 0 Å². The van der Waals surface area contributed by atoms with Crippen molar-refractivity contribution in [2.45, 2.75) is 12.8 Å². The lowest BCUT2D eigenvalue weighted by Crippen LogP contribution is -2.34. The summed E-state index contributed by atoms with van der Waals surface area (Å²) in [6.07, 6.45) is 8.16. The fourth-order valence-electron chi connectivity index (χ4n) is 3.26. The molecule has 21 heavy (non-hydrogen) atoms. The molecule has 0 bridgehead atoms. The fraction of sp³-hybridized carbons (Fsp3) is 0.375. The van der Waals surface area contributed by atoms with Crippen molar-refractivity contribution < 1.29 is 0 Å². The zero-order chi connectivity index (χ0) is 14.2. The number of pyridine rings is 2. The summed E-state index contributed by atoms with van der Waals surface area (Å²) in [5.74, 6) is 1.76. The summed E-state index contributed by atoms with van der Waals surface area (Å²) in [6.45, 7) is 2.20. The van der Waals surface area contributed by atoms with Crippen LogP contribution in [0.4, 0.5) is 5.69 Å². The molecular formula is C16H18N4S. The summed E-state index contributed by atoms with van der Waals surface area (Å²) in [5, 5.41) is 2.37. The van der Waals surface area contributed by atoms with Gasteiger partial charge < -0.3 is 9.88 Å². The lowest BCUT2D eigenvalue weighted by Gasteiger charge is -2.33. The Morgan fingerprint density at radius 3 is 2.90 bits per heavy atom. The van der Waals surface area contributed by atoms with E-state index >= 15 is 0 Å². The highest BCUT2D eigenvalue weighted by Crippen LogP contribution is 2.33. The first-order valence-electron chi connectivity index (χ1n) is 7.43. The predicted octanol–water partition coefficient (Wildman–Crippen LogP) is 3.26. The zero-order valence-electron chi connectivity index (χ0n) is 11.8. The van der Waals surface area contributed by atoms with Gasteiger partial charge in [0.1, 0.15) is 0 Å². The van der Waals surface area contributed by atoms with Crippen LogP contribution in [0, 0.1) is 5.92 Å². The second-order valence-electron chi connectivity index (χ2n) is 5.70. The van der Waals surface area contributed by atoms with Crippen LogP contribution in [0.15, 0.2) is 30.7 Å². The number of piperidine rings is 1. The third kappa shape index (κ3) is 2.16. The van der Waals surface area contributed by atoms with Gasteiger partial charge in [-0.1, -0.05) is 0 Å². The van der Waals surface area contributed by atoms with E-state index in [2.05, 4.69) is 44.6 Å². The number of anilines is 1. The number of H-pyrrole nitrogens is 1. The van der Waals surface area contributed by atoms with Crippen molar-refractivity contribution in [3.05, 3.63) is 30.7 Å². The molecule has 108 valence electrons. The second kappa shape index (κ2) is 5.22. The molecule has 4 heterocycles. The molecule has 0 aromatic carbocycles. The minimum atomic E-state index is 0.758. The van der Waals surface area contributed by atoms with Gasteiger partial charge in [-0.15, -0.1) is 0 Å². The van der Waals surface area contributed by atoms with Gasteiger partial charge in [-0.3, -0.25) is 0 Å². The Morgan fingerprint density at radius 2 is 2.10 bits per heavy atom. The van der Waals surface area contributed by atoms with Crippen LogP contribution in [0.3, 0.4) is 0 Å². The first kappa shape index (κ1) is 13.0. The minimum absolute atomic E-state index is 0.758. The number of fused-ring (bicyclic) bond motifs is 3. The van der Waals surface area contributed by atoms with Gasteiger partial charge in [0.15, 0.2) is 5.65 Å². The van der Waals surface area contributed by atoms with Crippen molar-refractivity contribution in [2.75, 3.05) is 23.7 Å². The van der Waals surface area contributed by atoms with Crippen LogP contribution >= 0.6 is 12.6 Å². The van der Waals surface area contributed by atoms with Crippen LogP contribution in [0.2, 0.25) is 0 Å². The monoisotopic (exact) mass is 298 g/mol. The molecule has 0 atom stereocenters. The molecule has 0 radical (unpaired) electrons. The number of hydrogen-bond acceptors (Lipinski definition) is 4. The summed E-state index contributed by atoms with van der Waals surface area (Å²) in [5.41, 5.74) is 3.19. The average molecular weight is 298 g/mol. The predicted molar refractivity (Wildman–Crippen MR) is 90.2 cm³/mol. The van der Waals surface area contributed by atoms with E-state index in [1.54, 1.807) is 0 Å². The smallest absolute Gasteiger partial charge is 0.159 e. The van der Waals surface area contributed by atoms with E-state index < -0.39 is 0 Å². The van der Waals surface area contributed by atoms with E-state index in [0.29, 0.717) is 0 Å². The van der Waals surface area contributed by atoms with Gasteiger partial charge in [-0.2, -0.15) is 12.6 Å². The summed E-state index contributed by atoms with van der Waals surface area (Å²) in [4.78, 5) is 14.5. The Hall–Kier alpha value is -1.75. The highest BCUT2D eigenvalue weighted by molar-refractivity contribution is 7.80. The minimum Gasteiger partial charge on any atom is -0.371 e. The molecule has 4 rings (SSSR count). The molecular weight excluding hydrogens is 280 g/mol. The number of rotatable bonds is 2. The SMILES string of the molecule is SCC1CCN(c2cc[nH]c3cnc4nccc4c23)CC1. The maximum atomic E-state index is 4.44. The van der Waals surface area contributed by atoms with Crippen LogP contribution in [-0.4, -0.2) is 33.8 Å². The van der Waals surface area contributed by atoms with Gasteiger partial charge >= 0.3 is 0 Å². The number of hydrogen-bond donors (Lipinski definition) is 2. The zero-order valence-corrected chi connectivity index (χ0v) is 12.7. The molecule has 1 N–H and O–H groups in total. The second-order valence-corrected chi connectivity index (χ2v) is 6.07. The van der Waals surface area contributed by atoms with Gasteiger partial charge in [-0.05, 0) is 36.6 Å². The third-order valence-electron chi connectivity index (χ3n) is 4.48. The van der Waals surface area contributed by atoms with E-state index in [1.165, 1.54) is 23.9 Å². The van der Waals surface area contributed by atoms with Gasteiger partial charge in [0.25, 0.3) is 0 Å².